The number of rotatable bonds is 6. The Morgan fingerprint density at radius 2 is 1.05 bits per heavy atom. The third-order valence-corrected chi connectivity index (χ3v) is 14.8. The van der Waals surface area contributed by atoms with Crippen LogP contribution in [0, 0.1) is 5.92 Å². The highest BCUT2D eigenvalue weighted by Crippen LogP contribution is 2.68. The zero-order valence-electron chi connectivity index (χ0n) is 36.3. The molecule has 2 nitrogen and oxygen atoms in total. The molecule has 1 aromatic heterocycles. The molecule has 8 aromatic carbocycles. The zero-order chi connectivity index (χ0) is 43.3. The van der Waals surface area contributed by atoms with Crippen LogP contribution >= 0.6 is 0 Å². The van der Waals surface area contributed by atoms with Gasteiger partial charge in [0.1, 0.15) is 0 Å². The molecule has 2 spiro atoms. The molecule has 308 valence electrons. The van der Waals surface area contributed by atoms with E-state index in [1.165, 1.54) is 89.1 Å². The van der Waals surface area contributed by atoms with E-state index in [0.29, 0.717) is 5.92 Å². The molecule has 4 aliphatic rings. The van der Waals surface area contributed by atoms with Crippen LogP contribution in [0.1, 0.15) is 51.6 Å². The first-order valence-corrected chi connectivity index (χ1v) is 22.9. The molecular formula is C63H46N2. The summed E-state index contributed by atoms with van der Waals surface area (Å²) in [6.07, 6.45) is 12.2. The van der Waals surface area contributed by atoms with Crippen LogP contribution in [0.25, 0.3) is 44.9 Å². The largest absolute Gasteiger partial charge is 0.312 e. The lowest BCUT2D eigenvalue weighted by Crippen LogP contribution is -2.48. The monoisotopic (exact) mass is 830 g/mol. The van der Waals surface area contributed by atoms with Crippen LogP contribution in [0.15, 0.2) is 242 Å². The van der Waals surface area contributed by atoms with E-state index in [1.54, 1.807) is 0 Å². The van der Waals surface area contributed by atoms with E-state index in [0.717, 1.165) is 23.5 Å². The van der Waals surface area contributed by atoms with Gasteiger partial charge in [-0.15, -0.1) is 0 Å². The maximum atomic E-state index is 4.31. The van der Waals surface area contributed by atoms with Crippen molar-refractivity contribution in [2.45, 2.75) is 24.2 Å². The first-order chi connectivity index (χ1) is 32.2. The molecule has 4 aliphatic carbocycles. The molecule has 0 bridgehead atoms. The maximum Gasteiger partial charge on any atom is 0.0876 e. The van der Waals surface area contributed by atoms with Gasteiger partial charge in [-0.2, -0.15) is 0 Å². The molecule has 65 heavy (non-hydrogen) atoms. The van der Waals surface area contributed by atoms with Gasteiger partial charge in [0.15, 0.2) is 0 Å². The third kappa shape index (κ3) is 5.00. The molecule has 0 radical (unpaired) electrons. The second-order valence-electron chi connectivity index (χ2n) is 18.0. The first kappa shape index (κ1) is 37.6. The van der Waals surface area contributed by atoms with Crippen LogP contribution in [-0.4, -0.2) is 4.57 Å². The Morgan fingerprint density at radius 3 is 1.66 bits per heavy atom. The molecule has 0 fully saturated rings. The SMILES string of the molecule is C=C/C=C\C1=C(N(c2ccccc2)c2cccc(-n3c4c(c5ccccc53)CC(C)C=C4)c2)C2(c3ccccc3-c3ccccc32)c2ccccc2C12c1ccccc1-c1ccccc12. The fourth-order valence-electron chi connectivity index (χ4n) is 12.4. The number of para-hydroxylation sites is 2. The normalized spacial score (nSPS) is 16.6. The number of fused-ring (bicyclic) bond motifs is 16. The van der Waals surface area contributed by atoms with Gasteiger partial charge in [-0.1, -0.05) is 202 Å². The molecule has 1 heterocycles. The molecule has 0 amide bonds. The Balaban J connectivity index is 1.23. The van der Waals surface area contributed by atoms with Crippen LogP contribution in [0.4, 0.5) is 11.4 Å². The summed E-state index contributed by atoms with van der Waals surface area (Å²) in [4.78, 5) is 2.61. The van der Waals surface area contributed by atoms with Crippen LogP contribution in [0.2, 0.25) is 0 Å². The van der Waals surface area contributed by atoms with Gasteiger partial charge >= 0.3 is 0 Å². The van der Waals surface area contributed by atoms with Gasteiger partial charge in [-0.3, -0.25) is 0 Å². The predicted octanol–water partition coefficient (Wildman–Crippen LogP) is 15.3. The lowest BCUT2D eigenvalue weighted by molar-refractivity contribution is 0.612. The summed E-state index contributed by atoms with van der Waals surface area (Å²) in [6.45, 7) is 6.63. The summed E-state index contributed by atoms with van der Waals surface area (Å²) < 4.78 is 2.49. The summed E-state index contributed by atoms with van der Waals surface area (Å²) in [5, 5.41) is 1.33. The maximum absolute atomic E-state index is 4.31. The highest BCUT2D eigenvalue weighted by molar-refractivity contribution is 5.96. The first-order valence-electron chi connectivity index (χ1n) is 22.9. The third-order valence-electron chi connectivity index (χ3n) is 14.8. The lowest BCUT2D eigenvalue weighted by Gasteiger charge is -2.52. The van der Waals surface area contributed by atoms with Crippen molar-refractivity contribution in [3.05, 3.63) is 287 Å². The van der Waals surface area contributed by atoms with Crippen molar-refractivity contribution in [1.82, 2.24) is 4.57 Å². The highest BCUT2D eigenvalue weighted by atomic mass is 15.2. The van der Waals surface area contributed by atoms with Gasteiger partial charge in [0.05, 0.1) is 16.3 Å². The van der Waals surface area contributed by atoms with E-state index in [-0.39, 0.29) is 0 Å². The number of aromatic nitrogens is 1. The van der Waals surface area contributed by atoms with Crippen LogP contribution < -0.4 is 4.90 Å². The van der Waals surface area contributed by atoms with Crippen molar-refractivity contribution in [3.8, 4) is 27.9 Å². The Labute approximate surface area is 381 Å². The van der Waals surface area contributed by atoms with Gasteiger partial charge in [0.25, 0.3) is 0 Å². The number of benzene rings is 8. The van der Waals surface area contributed by atoms with Crippen molar-refractivity contribution in [2.24, 2.45) is 5.92 Å². The van der Waals surface area contributed by atoms with Crippen molar-refractivity contribution < 1.29 is 0 Å². The van der Waals surface area contributed by atoms with Crippen LogP contribution in [-0.2, 0) is 17.3 Å². The summed E-state index contributed by atoms with van der Waals surface area (Å²) >= 11 is 0. The Hall–Kier alpha value is -7.94. The van der Waals surface area contributed by atoms with Crippen LogP contribution in [0.5, 0.6) is 0 Å². The van der Waals surface area contributed by atoms with Crippen molar-refractivity contribution in [2.75, 3.05) is 4.90 Å². The van der Waals surface area contributed by atoms with Gasteiger partial charge < -0.3 is 9.47 Å². The van der Waals surface area contributed by atoms with Gasteiger partial charge in [-0.25, -0.2) is 0 Å². The highest BCUT2D eigenvalue weighted by Gasteiger charge is 2.61. The fraction of sp³-hybridized carbons (Fsp3) is 0.0794. The zero-order valence-corrected chi connectivity index (χ0v) is 36.3. The van der Waals surface area contributed by atoms with Crippen LogP contribution in [0.3, 0.4) is 0 Å². The number of hydrogen-bond acceptors (Lipinski definition) is 1. The number of anilines is 2. The molecule has 0 saturated carbocycles. The predicted molar refractivity (Wildman–Crippen MR) is 270 cm³/mol. The number of allylic oxidation sites excluding steroid dienone is 6. The Bertz CT molecular complexity index is 3430. The molecule has 1 unspecified atom stereocenters. The second kappa shape index (κ2) is 14.3. The molecule has 9 aromatic rings. The molecule has 0 aliphatic heterocycles. The Kier molecular flexibility index (Phi) is 8.27. The average molecular weight is 831 g/mol. The number of nitrogens with zero attached hydrogens (tertiary/aromatic N) is 2. The van der Waals surface area contributed by atoms with E-state index in [2.05, 4.69) is 247 Å². The Morgan fingerprint density at radius 1 is 0.538 bits per heavy atom. The van der Waals surface area contributed by atoms with E-state index < -0.39 is 10.8 Å². The van der Waals surface area contributed by atoms with E-state index in [1.807, 2.05) is 6.08 Å². The minimum atomic E-state index is -0.744. The molecule has 2 heteroatoms. The van der Waals surface area contributed by atoms with Gasteiger partial charge in [0, 0.05) is 33.8 Å². The summed E-state index contributed by atoms with van der Waals surface area (Å²) in [5.74, 6) is 0.483. The summed E-state index contributed by atoms with van der Waals surface area (Å²) in [6, 6.07) is 75.2. The van der Waals surface area contributed by atoms with E-state index >= 15 is 0 Å². The fourth-order valence-corrected chi connectivity index (χ4v) is 12.4. The smallest absolute Gasteiger partial charge is 0.0876 e. The average Bonchev–Trinajstić information content (AvgIpc) is 3.96. The quantitative estimate of drug-likeness (QED) is 0.152. The summed E-state index contributed by atoms with van der Waals surface area (Å²) in [7, 11) is 0. The topological polar surface area (TPSA) is 8.17 Å². The van der Waals surface area contributed by atoms with E-state index in [4.69, 9.17) is 0 Å². The van der Waals surface area contributed by atoms with Crippen molar-refractivity contribution in [1.29, 1.82) is 0 Å². The van der Waals surface area contributed by atoms with Gasteiger partial charge in [0.2, 0.25) is 0 Å². The lowest BCUT2D eigenvalue weighted by atomic mass is 9.53. The summed E-state index contributed by atoms with van der Waals surface area (Å²) in [5.41, 5.74) is 21.0. The molecular weight excluding hydrogens is 785 g/mol. The van der Waals surface area contributed by atoms with Crippen molar-refractivity contribution >= 4 is 28.4 Å². The number of hydrogen-bond donors (Lipinski definition) is 0. The standard InChI is InChI=1S/C63H46N2/c1-3-4-30-58-61(64(43-21-6-5-7-22-43)44-23-20-24-45(41-44)65-59-37-19-12-29-50(59)51-40-42(2)38-39-60(51)65)63(54-33-15-10-27-48(54)49-28-11-16-34-55(49)63)57-36-18-17-35-56(57)62(58)52-31-13-8-25-46(52)47-26-9-14-32-53(47)62/h3-39,41-42H,1,40H2,2H3/b30-4-. The molecule has 13 rings (SSSR count). The molecule has 1 atom stereocenters. The minimum absolute atomic E-state index is 0.483. The molecule has 0 saturated heterocycles. The van der Waals surface area contributed by atoms with Gasteiger partial charge in [-0.05, 0) is 122 Å². The van der Waals surface area contributed by atoms with Crippen molar-refractivity contribution in [3.63, 3.8) is 0 Å². The molecule has 0 N–H and O–H groups in total. The van der Waals surface area contributed by atoms with E-state index in [9.17, 15) is 0 Å². The second-order valence-corrected chi connectivity index (χ2v) is 18.0. The minimum Gasteiger partial charge on any atom is -0.312 e.